The molecule has 2 aromatic rings. The largest absolute Gasteiger partial charge is 0.433 e. The second-order valence-corrected chi connectivity index (χ2v) is 3.69. The first-order valence-corrected chi connectivity index (χ1v) is 4.80. The fourth-order valence-electron chi connectivity index (χ4n) is 1.58. The minimum atomic E-state index is -4.54. The van der Waals surface area contributed by atoms with Gasteiger partial charge in [-0.1, -0.05) is 11.6 Å². The van der Waals surface area contributed by atoms with E-state index in [1.54, 1.807) is 25.1 Å². The molecule has 0 atom stereocenters. The van der Waals surface area contributed by atoms with Crippen molar-refractivity contribution in [2.75, 3.05) is 0 Å². The fourth-order valence-corrected chi connectivity index (χ4v) is 1.58. The predicted octanol–water partition coefficient (Wildman–Crippen LogP) is 3.43. The molecule has 0 spiro atoms. The van der Waals surface area contributed by atoms with Gasteiger partial charge in [-0.3, -0.25) is 0 Å². The van der Waals surface area contributed by atoms with Crippen molar-refractivity contribution in [1.29, 1.82) is 5.26 Å². The van der Waals surface area contributed by atoms with Crippen LogP contribution in [0.5, 0.6) is 0 Å². The van der Waals surface area contributed by atoms with E-state index in [0.717, 1.165) is 11.6 Å². The van der Waals surface area contributed by atoms with Crippen molar-refractivity contribution in [2.45, 2.75) is 13.1 Å². The summed E-state index contributed by atoms with van der Waals surface area (Å²) in [5.74, 6) is 0. The van der Waals surface area contributed by atoms with Crippen LogP contribution >= 0.6 is 0 Å². The number of hydrogen-bond donors (Lipinski definition) is 0. The Bertz CT molecular complexity index is 624. The van der Waals surface area contributed by atoms with E-state index < -0.39 is 11.9 Å². The van der Waals surface area contributed by atoms with E-state index in [2.05, 4.69) is 4.98 Å². The van der Waals surface area contributed by atoms with Gasteiger partial charge in [0.2, 0.25) is 0 Å². The average Bonchev–Trinajstić information content (AvgIpc) is 2.26. The average molecular weight is 236 g/mol. The smallest absolute Gasteiger partial charge is 0.243 e. The van der Waals surface area contributed by atoms with Gasteiger partial charge in [0.1, 0.15) is 5.69 Å². The van der Waals surface area contributed by atoms with E-state index >= 15 is 0 Å². The quantitative estimate of drug-likeness (QED) is 0.702. The number of halogens is 3. The van der Waals surface area contributed by atoms with Crippen LogP contribution in [0.15, 0.2) is 24.3 Å². The topological polar surface area (TPSA) is 36.7 Å². The Hall–Kier alpha value is -2.09. The van der Waals surface area contributed by atoms with Gasteiger partial charge in [0.25, 0.3) is 0 Å². The monoisotopic (exact) mass is 236 g/mol. The molecule has 0 aliphatic carbocycles. The molecule has 0 aliphatic rings. The number of fused-ring (bicyclic) bond motifs is 1. The molecule has 1 aromatic heterocycles. The summed E-state index contributed by atoms with van der Waals surface area (Å²) in [5, 5.41) is 9.32. The number of aromatic nitrogens is 1. The van der Waals surface area contributed by atoms with Gasteiger partial charge in [-0.05, 0) is 25.1 Å². The molecule has 2 nitrogen and oxygen atoms in total. The maximum Gasteiger partial charge on any atom is 0.433 e. The van der Waals surface area contributed by atoms with Crippen LogP contribution < -0.4 is 0 Å². The fraction of sp³-hybridized carbons (Fsp3) is 0.167. The minimum Gasteiger partial charge on any atom is -0.243 e. The molecule has 0 bridgehead atoms. The van der Waals surface area contributed by atoms with Gasteiger partial charge in [0.15, 0.2) is 0 Å². The van der Waals surface area contributed by atoms with Gasteiger partial charge < -0.3 is 0 Å². The summed E-state index contributed by atoms with van der Waals surface area (Å²) in [4.78, 5) is 3.52. The van der Waals surface area contributed by atoms with Crippen LogP contribution in [0.4, 0.5) is 13.2 Å². The lowest BCUT2D eigenvalue weighted by Crippen LogP contribution is -2.08. The van der Waals surface area contributed by atoms with Crippen molar-refractivity contribution >= 4 is 10.9 Å². The Morgan fingerprint density at radius 2 is 1.94 bits per heavy atom. The van der Waals surface area contributed by atoms with E-state index in [1.165, 1.54) is 6.07 Å². The zero-order valence-electron chi connectivity index (χ0n) is 8.84. The van der Waals surface area contributed by atoms with E-state index in [9.17, 15) is 13.2 Å². The number of pyridine rings is 1. The predicted molar refractivity (Wildman–Crippen MR) is 56.2 cm³/mol. The number of benzene rings is 1. The highest BCUT2D eigenvalue weighted by atomic mass is 19.4. The lowest BCUT2D eigenvalue weighted by molar-refractivity contribution is -0.140. The van der Waals surface area contributed by atoms with Crippen LogP contribution in [-0.2, 0) is 6.18 Å². The third kappa shape index (κ3) is 2.07. The maximum absolute atomic E-state index is 12.5. The van der Waals surface area contributed by atoms with E-state index in [1.807, 2.05) is 0 Å². The van der Waals surface area contributed by atoms with Crippen molar-refractivity contribution in [3.63, 3.8) is 0 Å². The molecule has 1 heterocycles. The summed E-state index contributed by atoms with van der Waals surface area (Å²) >= 11 is 0. The molecule has 1 aromatic carbocycles. The van der Waals surface area contributed by atoms with Crippen LogP contribution in [0.1, 0.15) is 16.8 Å². The third-order valence-electron chi connectivity index (χ3n) is 2.38. The lowest BCUT2D eigenvalue weighted by atomic mass is 10.1. The van der Waals surface area contributed by atoms with Gasteiger partial charge in [-0.15, -0.1) is 0 Å². The summed E-state index contributed by atoms with van der Waals surface area (Å²) < 4.78 is 37.6. The van der Waals surface area contributed by atoms with Crippen molar-refractivity contribution in [3.8, 4) is 6.07 Å². The van der Waals surface area contributed by atoms with Gasteiger partial charge in [-0.2, -0.15) is 18.4 Å². The molecule has 0 fully saturated rings. The highest BCUT2D eigenvalue weighted by Crippen LogP contribution is 2.30. The molecular weight excluding hydrogens is 229 g/mol. The lowest BCUT2D eigenvalue weighted by Gasteiger charge is -2.08. The SMILES string of the molecule is Cc1ccc2nc(C(F)(F)F)cc(C#N)c2c1. The van der Waals surface area contributed by atoms with Crippen LogP contribution in [0.25, 0.3) is 10.9 Å². The zero-order chi connectivity index (χ0) is 12.6. The van der Waals surface area contributed by atoms with E-state index in [-0.39, 0.29) is 11.1 Å². The van der Waals surface area contributed by atoms with Crippen LogP contribution in [0.3, 0.4) is 0 Å². The van der Waals surface area contributed by atoms with Crippen molar-refractivity contribution in [3.05, 3.63) is 41.1 Å². The normalized spacial score (nSPS) is 11.5. The molecule has 0 saturated carbocycles. The standard InChI is InChI=1S/C12H7F3N2/c1-7-2-3-10-9(4-7)8(6-16)5-11(17-10)12(13,14)15/h2-5H,1H3. The van der Waals surface area contributed by atoms with Crippen LogP contribution in [-0.4, -0.2) is 4.98 Å². The molecule has 0 radical (unpaired) electrons. The van der Waals surface area contributed by atoms with Crippen molar-refractivity contribution in [2.24, 2.45) is 0 Å². The Morgan fingerprint density at radius 1 is 1.24 bits per heavy atom. The number of nitriles is 1. The van der Waals surface area contributed by atoms with Crippen LogP contribution in [0, 0.1) is 18.3 Å². The first-order chi connectivity index (χ1) is 7.91. The Morgan fingerprint density at radius 3 is 2.53 bits per heavy atom. The second-order valence-electron chi connectivity index (χ2n) is 3.69. The summed E-state index contributed by atoms with van der Waals surface area (Å²) in [6, 6.07) is 7.35. The molecule has 5 heteroatoms. The highest BCUT2D eigenvalue weighted by molar-refractivity contribution is 5.85. The molecule has 86 valence electrons. The highest BCUT2D eigenvalue weighted by Gasteiger charge is 2.33. The molecular formula is C12H7F3N2. The van der Waals surface area contributed by atoms with E-state index in [4.69, 9.17) is 5.26 Å². The second kappa shape index (κ2) is 3.74. The number of aryl methyl sites for hydroxylation is 1. The Labute approximate surface area is 95.3 Å². The zero-order valence-corrected chi connectivity index (χ0v) is 8.84. The molecule has 2 rings (SSSR count). The number of alkyl halides is 3. The Balaban J connectivity index is 2.81. The van der Waals surface area contributed by atoms with Gasteiger partial charge in [0.05, 0.1) is 17.1 Å². The molecule has 0 N–H and O–H groups in total. The third-order valence-corrected chi connectivity index (χ3v) is 2.38. The number of nitrogens with zero attached hydrogens (tertiary/aromatic N) is 2. The summed E-state index contributed by atoms with van der Waals surface area (Å²) in [6.45, 7) is 1.80. The summed E-state index contributed by atoms with van der Waals surface area (Å²) in [5.41, 5.74) is 0.00830. The van der Waals surface area contributed by atoms with Gasteiger partial charge in [-0.25, -0.2) is 4.98 Å². The molecule has 0 aliphatic heterocycles. The summed E-state index contributed by atoms with van der Waals surface area (Å²) in [7, 11) is 0. The van der Waals surface area contributed by atoms with Gasteiger partial charge >= 0.3 is 6.18 Å². The maximum atomic E-state index is 12.5. The van der Waals surface area contributed by atoms with Crippen LogP contribution in [0.2, 0.25) is 0 Å². The molecule has 0 unspecified atom stereocenters. The Kier molecular flexibility index (Phi) is 2.50. The van der Waals surface area contributed by atoms with Crippen molar-refractivity contribution in [1.82, 2.24) is 4.98 Å². The molecule has 0 amide bonds. The molecule has 17 heavy (non-hydrogen) atoms. The first kappa shape index (κ1) is 11.4. The summed E-state index contributed by atoms with van der Waals surface area (Å²) in [6.07, 6.45) is -4.54. The van der Waals surface area contributed by atoms with Gasteiger partial charge in [0, 0.05) is 5.39 Å². The number of hydrogen-bond acceptors (Lipinski definition) is 2. The van der Waals surface area contributed by atoms with Crippen molar-refractivity contribution < 1.29 is 13.2 Å². The minimum absolute atomic E-state index is 0.00831. The first-order valence-electron chi connectivity index (χ1n) is 4.80. The number of rotatable bonds is 0. The molecule has 0 saturated heterocycles. The van der Waals surface area contributed by atoms with E-state index in [0.29, 0.717) is 5.39 Å².